The third-order valence-electron chi connectivity index (χ3n) is 4.57. The second-order valence-corrected chi connectivity index (χ2v) is 6.24. The van der Waals surface area contributed by atoms with Crippen molar-refractivity contribution in [1.82, 2.24) is 10.2 Å². The molecule has 1 aliphatic carbocycles. The Kier molecular flexibility index (Phi) is 4.02. The molecule has 2 amide bonds. The van der Waals surface area contributed by atoms with Crippen molar-refractivity contribution in [3.05, 3.63) is 0 Å². The van der Waals surface area contributed by atoms with Crippen molar-refractivity contribution < 1.29 is 14.7 Å². The molecule has 2 fully saturated rings. The summed E-state index contributed by atoms with van der Waals surface area (Å²) in [4.78, 5) is 24.7. The molecule has 0 bridgehead atoms. The highest BCUT2D eigenvalue weighted by Crippen LogP contribution is 2.48. The molecule has 1 heterocycles. The van der Waals surface area contributed by atoms with Gasteiger partial charge in [0.1, 0.15) is 0 Å². The van der Waals surface area contributed by atoms with Crippen molar-refractivity contribution in [2.45, 2.75) is 39.5 Å². The maximum Gasteiger partial charge on any atom is 0.317 e. The van der Waals surface area contributed by atoms with Crippen LogP contribution >= 0.6 is 0 Å². The van der Waals surface area contributed by atoms with Crippen LogP contribution in [0, 0.1) is 17.3 Å². The predicted octanol–water partition coefficient (Wildman–Crippen LogP) is 1.93. The number of nitrogens with one attached hydrogen (secondary N) is 1. The minimum atomic E-state index is -0.799. The van der Waals surface area contributed by atoms with Gasteiger partial charge in [0.15, 0.2) is 0 Å². The Morgan fingerprint density at radius 3 is 2.53 bits per heavy atom. The molecule has 0 aromatic carbocycles. The minimum absolute atomic E-state index is 0.0359. The molecule has 5 heteroatoms. The number of carbonyl (C=O) groups excluding carboxylic acids is 1. The quantitative estimate of drug-likeness (QED) is 0.800. The SMILES string of the molecule is CCCC1(CNC(=O)N2C[C@@H](C)[C@H](C(=O)O)C2)CC1. The first-order valence-electron chi connectivity index (χ1n) is 7.23. The van der Waals surface area contributed by atoms with Crippen LogP contribution < -0.4 is 5.32 Å². The Morgan fingerprint density at radius 1 is 1.37 bits per heavy atom. The second-order valence-electron chi connectivity index (χ2n) is 6.24. The number of carbonyl (C=O) groups is 2. The van der Waals surface area contributed by atoms with Crippen LogP contribution in [0.1, 0.15) is 39.5 Å². The largest absolute Gasteiger partial charge is 0.481 e. The Balaban J connectivity index is 1.80. The van der Waals surface area contributed by atoms with Gasteiger partial charge in [-0.3, -0.25) is 4.79 Å². The molecule has 2 atom stereocenters. The predicted molar refractivity (Wildman–Crippen MR) is 71.8 cm³/mol. The van der Waals surface area contributed by atoms with Crippen LogP contribution in [0.5, 0.6) is 0 Å². The summed E-state index contributed by atoms with van der Waals surface area (Å²) >= 11 is 0. The third kappa shape index (κ3) is 3.19. The fraction of sp³-hybridized carbons (Fsp3) is 0.857. The average Bonchev–Trinajstić information content (AvgIpc) is 3.00. The number of amides is 2. The lowest BCUT2D eigenvalue weighted by Crippen LogP contribution is -2.41. The van der Waals surface area contributed by atoms with Crippen molar-refractivity contribution in [3.63, 3.8) is 0 Å². The molecule has 2 rings (SSSR count). The van der Waals surface area contributed by atoms with Crippen LogP contribution in [-0.2, 0) is 4.79 Å². The normalized spacial score (nSPS) is 28.2. The van der Waals surface area contributed by atoms with Gasteiger partial charge in [-0.05, 0) is 30.6 Å². The lowest BCUT2D eigenvalue weighted by Gasteiger charge is -2.20. The van der Waals surface area contributed by atoms with Gasteiger partial charge in [-0.25, -0.2) is 4.79 Å². The van der Waals surface area contributed by atoms with E-state index in [0.717, 1.165) is 13.0 Å². The summed E-state index contributed by atoms with van der Waals surface area (Å²) in [7, 11) is 0. The number of carboxylic acid groups (broad SMARTS) is 1. The van der Waals surface area contributed by atoms with E-state index in [1.807, 2.05) is 6.92 Å². The Hall–Kier alpha value is -1.26. The fourth-order valence-electron chi connectivity index (χ4n) is 3.05. The summed E-state index contributed by atoms with van der Waals surface area (Å²) in [5, 5.41) is 12.1. The van der Waals surface area contributed by atoms with E-state index in [4.69, 9.17) is 5.11 Å². The van der Waals surface area contributed by atoms with E-state index in [1.54, 1.807) is 4.90 Å². The van der Waals surface area contributed by atoms with Gasteiger partial charge in [0, 0.05) is 19.6 Å². The monoisotopic (exact) mass is 268 g/mol. The summed E-state index contributed by atoms with van der Waals surface area (Å²) in [6.07, 6.45) is 4.73. The summed E-state index contributed by atoms with van der Waals surface area (Å²) < 4.78 is 0. The molecule has 5 nitrogen and oxygen atoms in total. The zero-order chi connectivity index (χ0) is 14.0. The van der Waals surface area contributed by atoms with Gasteiger partial charge in [0.25, 0.3) is 0 Å². The first-order chi connectivity index (χ1) is 8.97. The number of hydrogen-bond donors (Lipinski definition) is 2. The van der Waals surface area contributed by atoms with Gasteiger partial charge in [-0.2, -0.15) is 0 Å². The van der Waals surface area contributed by atoms with E-state index in [0.29, 0.717) is 18.5 Å². The first kappa shape index (κ1) is 14.2. The van der Waals surface area contributed by atoms with Gasteiger partial charge >= 0.3 is 12.0 Å². The van der Waals surface area contributed by atoms with Gasteiger partial charge in [-0.1, -0.05) is 20.3 Å². The summed E-state index contributed by atoms with van der Waals surface area (Å²) in [6.45, 7) is 5.68. The van der Waals surface area contributed by atoms with Crippen molar-refractivity contribution in [2.24, 2.45) is 17.3 Å². The van der Waals surface area contributed by atoms with Gasteiger partial charge in [0.2, 0.25) is 0 Å². The lowest BCUT2D eigenvalue weighted by molar-refractivity contribution is -0.142. The van der Waals surface area contributed by atoms with Gasteiger partial charge in [0.05, 0.1) is 5.92 Å². The maximum absolute atomic E-state index is 12.1. The Bertz CT molecular complexity index is 366. The van der Waals surface area contributed by atoms with Crippen molar-refractivity contribution in [3.8, 4) is 0 Å². The van der Waals surface area contributed by atoms with Crippen LogP contribution in [0.25, 0.3) is 0 Å². The number of urea groups is 1. The molecule has 0 spiro atoms. The summed E-state index contributed by atoms with van der Waals surface area (Å²) in [5.41, 5.74) is 0.335. The molecule has 0 radical (unpaired) electrons. The number of hydrogen-bond acceptors (Lipinski definition) is 2. The van der Waals surface area contributed by atoms with E-state index < -0.39 is 11.9 Å². The zero-order valence-corrected chi connectivity index (χ0v) is 11.8. The number of likely N-dealkylation sites (tertiary alicyclic amines) is 1. The van der Waals surface area contributed by atoms with E-state index in [-0.39, 0.29) is 11.9 Å². The molecule has 1 aliphatic heterocycles. The molecule has 1 saturated carbocycles. The van der Waals surface area contributed by atoms with Crippen LogP contribution in [-0.4, -0.2) is 41.6 Å². The number of carboxylic acids is 1. The van der Waals surface area contributed by atoms with E-state index in [2.05, 4.69) is 12.2 Å². The van der Waals surface area contributed by atoms with Crippen molar-refractivity contribution in [2.75, 3.05) is 19.6 Å². The van der Waals surface area contributed by atoms with Crippen LogP contribution in [0.3, 0.4) is 0 Å². The van der Waals surface area contributed by atoms with Crippen LogP contribution in [0.15, 0.2) is 0 Å². The summed E-state index contributed by atoms with van der Waals surface area (Å²) in [5.74, 6) is -1.18. The highest BCUT2D eigenvalue weighted by Gasteiger charge is 2.42. The molecular formula is C14H24N2O3. The fourth-order valence-corrected chi connectivity index (χ4v) is 3.05. The smallest absolute Gasteiger partial charge is 0.317 e. The maximum atomic E-state index is 12.1. The van der Waals surface area contributed by atoms with E-state index >= 15 is 0 Å². The van der Waals surface area contributed by atoms with Gasteiger partial charge in [-0.15, -0.1) is 0 Å². The molecule has 0 aromatic rings. The first-order valence-corrected chi connectivity index (χ1v) is 7.23. The topological polar surface area (TPSA) is 69.6 Å². The summed E-state index contributed by atoms with van der Waals surface area (Å²) in [6, 6.07) is -0.0991. The number of rotatable bonds is 5. The Morgan fingerprint density at radius 2 is 2.05 bits per heavy atom. The van der Waals surface area contributed by atoms with Crippen molar-refractivity contribution >= 4 is 12.0 Å². The highest BCUT2D eigenvalue weighted by atomic mass is 16.4. The second kappa shape index (κ2) is 5.39. The Labute approximate surface area is 114 Å². The molecule has 0 aromatic heterocycles. The molecule has 2 aliphatic rings. The molecular weight excluding hydrogens is 244 g/mol. The molecule has 2 N–H and O–H groups in total. The zero-order valence-electron chi connectivity index (χ0n) is 11.8. The van der Waals surface area contributed by atoms with E-state index in [9.17, 15) is 9.59 Å². The lowest BCUT2D eigenvalue weighted by atomic mass is 9.99. The average molecular weight is 268 g/mol. The van der Waals surface area contributed by atoms with Crippen LogP contribution in [0.4, 0.5) is 4.79 Å². The van der Waals surface area contributed by atoms with E-state index in [1.165, 1.54) is 19.3 Å². The minimum Gasteiger partial charge on any atom is -0.481 e. The molecule has 19 heavy (non-hydrogen) atoms. The molecule has 0 unspecified atom stereocenters. The van der Waals surface area contributed by atoms with Crippen LogP contribution in [0.2, 0.25) is 0 Å². The standard InChI is InChI=1S/C14H24N2O3/c1-3-4-14(5-6-14)9-15-13(19)16-7-10(2)11(8-16)12(17)18/h10-11H,3-9H2,1-2H3,(H,15,19)(H,17,18)/t10-,11-/m1/s1. The molecule has 108 valence electrons. The number of aliphatic carboxylic acids is 1. The third-order valence-corrected chi connectivity index (χ3v) is 4.57. The highest BCUT2D eigenvalue weighted by molar-refractivity contribution is 5.77. The molecule has 1 saturated heterocycles. The van der Waals surface area contributed by atoms with Gasteiger partial charge < -0.3 is 15.3 Å². The number of nitrogens with zero attached hydrogens (tertiary/aromatic N) is 1. The van der Waals surface area contributed by atoms with Crippen molar-refractivity contribution in [1.29, 1.82) is 0 Å².